The summed E-state index contributed by atoms with van der Waals surface area (Å²) < 4.78 is 5.10. The van der Waals surface area contributed by atoms with Gasteiger partial charge in [-0.05, 0) is 33.7 Å². The number of hydrogen-bond acceptors (Lipinski definition) is 5. The lowest BCUT2D eigenvalue weighted by molar-refractivity contribution is -0.150. The highest BCUT2D eigenvalue weighted by Crippen LogP contribution is 2.27. The van der Waals surface area contributed by atoms with Gasteiger partial charge in [0.15, 0.2) is 0 Å². The van der Waals surface area contributed by atoms with Crippen LogP contribution in [-0.2, 0) is 9.53 Å². The largest absolute Gasteiger partial charge is 0.465 e. The second-order valence-electron chi connectivity index (χ2n) is 4.78. The number of nitrogens with one attached hydrogen (secondary N) is 1. The van der Waals surface area contributed by atoms with Crippen LogP contribution in [0.4, 0.5) is 0 Å². The molecule has 3 atom stereocenters. The molecule has 0 saturated carbocycles. The average molecular weight is 277 g/mol. The molecule has 0 aromatic heterocycles. The molecule has 0 aromatic rings. The second-order valence-corrected chi connectivity index (χ2v) is 6.66. The fourth-order valence-corrected chi connectivity index (χ4v) is 3.31. The van der Waals surface area contributed by atoms with E-state index in [9.17, 15) is 4.79 Å². The van der Waals surface area contributed by atoms with E-state index in [4.69, 9.17) is 9.84 Å². The molecule has 0 spiro atoms. The van der Waals surface area contributed by atoms with Crippen molar-refractivity contribution in [2.75, 3.05) is 20.3 Å². The van der Waals surface area contributed by atoms with Gasteiger partial charge < -0.3 is 15.2 Å². The summed E-state index contributed by atoms with van der Waals surface area (Å²) >= 11 is 1.79. The number of esters is 1. The Balaban J connectivity index is 4.38. The Morgan fingerprint density at radius 1 is 1.44 bits per heavy atom. The molecule has 108 valence electrons. The summed E-state index contributed by atoms with van der Waals surface area (Å²) in [5, 5.41) is 12.7. The number of carbonyl (C=O) groups is 1. The van der Waals surface area contributed by atoms with E-state index >= 15 is 0 Å². The zero-order chi connectivity index (χ0) is 14.2. The molecule has 0 amide bonds. The van der Waals surface area contributed by atoms with Gasteiger partial charge in [0.25, 0.3) is 0 Å². The van der Waals surface area contributed by atoms with Crippen LogP contribution in [0.1, 0.15) is 40.5 Å². The van der Waals surface area contributed by atoms with Gasteiger partial charge >= 0.3 is 5.97 Å². The van der Waals surface area contributed by atoms with Crippen molar-refractivity contribution in [3.8, 4) is 0 Å². The van der Waals surface area contributed by atoms with Gasteiger partial charge in [0, 0.05) is 17.1 Å². The van der Waals surface area contributed by atoms with Gasteiger partial charge in [-0.25, -0.2) is 0 Å². The van der Waals surface area contributed by atoms with Gasteiger partial charge in [-0.2, -0.15) is 11.8 Å². The highest BCUT2D eigenvalue weighted by Gasteiger charge is 2.34. The number of aliphatic hydroxyl groups excluding tert-OH is 1. The van der Waals surface area contributed by atoms with Gasteiger partial charge in [0.2, 0.25) is 0 Å². The summed E-state index contributed by atoms with van der Waals surface area (Å²) in [7, 11) is 1.78. The van der Waals surface area contributed by atoms with Crippen molar-refractivity contribution in [3.05, 3.63) is 0 Å². The molecule has 0 fully saturated rings. The molecule has 0 aliphatic carbocycles. The van der Waals surface area contributed by atoms with Crippen LogP contribution in [0.15, 0.2) is 0 Å². The number of thioether (sulfide) groups is 1. The molecular formula is C13H27NO3S. The maximum Gasteiger partial charge on any atom is 0.326 e. The maximum absolute atomic E-state index is 11.9. The van der Waals surface area contributed by atoms with Crippen molar-refractivity contribution in [2.45, 2.75) is 56.6 Å². The molecule has 0 aliphatic rings. The molecule has 2 N–H and O–H groups in total. The minimum Gasteiger partial charge on any atom is -0.465 e. The molecule has 4 nitrogen and oxygen atoms in total. The second kappa shape index (κ2) is 8.77. The van der Waals surface area contributed by atoms with Crippen molar-refractivity contribution in [3.63, 3.8) is 0 Å². The van der Waals surface area contributed by atoms with E-state index in [2.05, 4.69) is 19.2 Å². The molecule has 0 saturated heterocycles. The lowest BCUT2D eigenvalue weighted by Gasteiger charge is -2.30. The van der Waals surface area contributed by atoms with Crippen LogP contribution >= 0.6 is 11.8 Å². The maximum atomic E-state index is 11.9. The molecule has 5 heteroatoms. The third-order valence-electron chi connectivity index (χ3n) is 2.97. The lowest BCUT2D eigenvalue weighted by Crippen LogP contribution is -2.50. The predicted octanol–water partition coefficient (Wildman–Crippen LogP) is 1.81. The topological polar surface area (TPSA) is 58.6 Å². The van der Waals surface area contributed by atoms with Crippen LogP contribution in [0, 0.1) is 0 Å². The molecule has 0 rings (SSSR count). The van der Waals surface area contributed by atoms with Crippen molar-refractivity contribution >= 4 is 17.7 Å². The zero-order valence-corrected chi connectivity index (χ0v) is 13.0. The molecule has 0 aliphatic heterocycles. The fourth-order valence-electron chi connectivity index (χ4n) is 1.85. The highest BCUT2D eigenvalue weighted by molar-refractivity contribution is 8.00. The summed E-state index contributed by atoms with van der Waals surface area (Å²) in [6, 6.07) is 0. The van der Waals surface area contributed by atoms with E-state index in [1.54, 1.807) is 18.8 Å². The number of rotatable bonds is 9. The molecule has 3 unspecified atom stereocenters. The van der Waals surface area contributed by atoms with Crippen molar-refractivity contribution < 1.29 is 14.6 Å². The summed E-state index contributed by atoms with van der Waals surface area (Å²) in [5.74, 6) is -0.199. The third kappa shape index (κ3) is 6.07. The van der Waals surface area contributed by atoms with E-state index in [0.717, 1.165) is 6.42 Å². The van der Waals surface area contributed by atoms with Crippen LogP contribution in [0.25, 0.3) is 0 Å². The van der Waals surface area contributed by atoms with Gasteiger partial charge in [-0.3, -0.25) is 4.79 Å². The average Bonchev–Trinajstić information content (AvgIpc) is 2.29. The van der Waals surface area contributed by atoms with Gasteiger partial charge in [0.1, 0.15) is 5.54 Å². The van der Waals surface area contributed by atoms with E-state index in [1.807, 2.05) is 13.8 Å². The first-order valence-electron chi connectivity index (χ1n) is 6.52. The molecule has 18 heavy (non-hydrogen) atoms. The van der Waals surface area contributed by atoms with Crippen LogP contribution in [-0.4, -0.2) is 47.4 Å². The van der Waals surface area contributed by atoms with E-state index < -0.39 is 5.54 Å². The molecule has 0 bridgehead atoms. The van der Waals surface area contributed by atoms with Gasteiger partial charge in [0.05, 0.1) is 6.61 Å². The summed E-state index contributed by atoms with van der Waals surface area (Å²) in [6.45, 7) is 8.50. The number of likely N-dealkylation sites (N-methyl/N-ethyl adjacent to an activating group) is 1. The minimum absolute atomic E-state index is 0.199. The fraction of sp³-hybridized carbons (Fsp3) is 0.923. The summed E-state index contributed by atoms with van der Waals surface area (Å²) in [5.41, 5.74) is -0.638. The Morgan fingerprint density at radius 3 is 2.50 bits per heavy atom. The van der Waals surface area contributed by atoms with Crippen molar-refractivity contribution in [1.29, 1.82) is 0 Å². The van der Waals surface area contributed by atoms with Crippen LogP contribution in [0.3, 0.4) is 0 Å². The predicted molar refractivity (Wildman–Crippen MR) is 76.9 cm³/mol. The summed E-state index contributed by atoms with van der Waals surface area (Å²) in [6.07, 6.45) is 1.49. The standard InChI is InChI=1S/C13H27NO3S/c1-6-17-12(16)13(4,14-5)9-11(3)18-10(2)7-8-15/h10-11,14-15H,6-9H2,1-5H3. The van der Waals surface area contributed by atoms with Crippen LogP contribution in [0.2, 0.25) is 0 Å². The van der Waals surface area contributed by atoms with E-state index in [-0.39, 0.29) is 12.6 Å². The number of aliphatic hydroxyl groups is 1. The molecular weight excluding hydrogens is 250 g/mol. The van der Waals surface area contributed by atoms with Crippen LogP contribution < -0.4 is 5.32 Å². The first kappa shape index (κ1) is 17.7. The molecule has 0 aromatic carbocycles. The highest BCUT2D eigenvalue weighted by atomic mass is 32.2. The van der Waals surface area contributed by atoms with Gasteiger partial charge in [-0.1, -0.05) is 13.8 Å². The van der Waals surface area contributed by atoms with Gasteiger partial charge in [-0.15, -0.1) is 0 Å². The number of hydrogen-bond donors (Lipinski definition) is 2. The lowest BCUT2D eigenvalue weighted by atomic mass is 9.96. The smallest absolute Gasteiger partial charge is 0.326 e. The third-order valence-corrected chi connectivity index (χ3v) is 4.31. The van der Waals surface area contributed by atoms with E-state index in [0.29, 0.717) is 23.5 Å². The summed E-state index contributed by atoms with van der Waals surface area (Å²) in [4.78, 5) is 11.9. The monoisotopic (exact) mass is 277 g/mol. The molecule has 0 radical (unpaired) electrons. The molecule has 0 heterocycles. The van der Waals surface area contributed by atoms with E-state index in [1.165, 1.54) is 0 Å². The zero-order valence-electron chi connectivity index (χ0n) is 12.2. The Hall–Kier alpha value is -0.260. The SMILES string of the molecule is CCOC(=O)C(C)(CC(C)SC(C)CCO)NC. The Labute approximate surface area is 115 Å². The number of ether oxygens (including phenoxy) is 1. The minimum atomic E-state index is -0.638. The Bertz CT molecular complexity index is 250. The van der Waals surface area contributed by atoms with Crippen LogP contribution in [0.5, 0.6) is 0 Å². The van der Waals surface area contributed by atoms with Crippen molar-refractivity contribution in [2.24, 2.45) is 0 Å². The quantitative estimate of drug-likeness (QED) is 0.630. The first-order chi connectivity index (χ1) is 8.39. The Morgan fingerprint density at radius 2 is 2.06 bits per heavy atom. The first-order valence-corrected chi connectivity index (χ1v) is 7.46. The normalized spacial score (nSPS) is 17.9. The van der Waals surface area contributed by atoms with Crippen molar-refractivity contribution in [1.82, 2.24) is 5.32 Å². The Kier molecular flexibility index (Phi) is 8.65. The number of carbonyl (C=O) groups excluding carboxylic acids is 1.